The number of rotatable bonds is 3. The molecule has 0 atom stereocenters. The molecule has 5 aromatic heterocycles. The molecule has 0 unspecified atom stereocenters. The van der Waals surface area contributed by atoms with E-state index >= 15 is 0 Å². The zero-order valence-electron chi connectivity index (χ0n) is 25.8. The highest BCUT2D eigenvalue weighted by molar-refractivity contribution is 6.29. The van der Waals surface area contributed by atoms with E-state index in [1.54, 1.807) is 39.8 Å². The van der Waals surface area contributed by atoms with Crippen molar-refractivity contribution in [3.63, 3.8) is 0 Å². The van der Waals surface area contributed by atoms with Gasteiger partial charge in [-0.05, 0) is 76.2 Å². The lowest BCUT2D eigenvalue weighted by atomic mass is 10.1. The standard InChI is InChI=1S/C20H15F2N3O2.C15H9ClF2N2O/c1-10-8-18(26)14-5-6-16(19-11(2)24-27-12(19)3)23-20(14)25(10)17-7-4-13(21)9-15(17)22;1-8-6-13(21)10-3-5-14(16)19-15(10)20(8)12-4-2-9(17)7-11(12)18/h4-9H,1-3H3;2-7H,1H3. The lowest BCUT2D eigenvalue weighted by molar-refractivity contribution is 0.393. The van der Waals surface area contributed by atoms with E-state index in [2.05, 4.69) is 15.1 Å². The predicted molar refractivity (Wildman–Crippen MR) is 174 cm³/mol. The summed E-state index contributed by atoms with van der Waals surface area (Å²) in [4.78, 5) is 33.1. The molecule has 0 aliphatic carbocycles. The first-order valence-corrected chi connectivity index (χ1v) is 14.8. The Bertz CT molecular complexity index is 2510. The maximum Gasteiger partial charge on any atom is 0.191 e. The van der Waals surface area contributed by atoms with Crippen molar-refractivity contribution in [1.29, 1.82) is 0 Å². The minimum absolute atomic E-state index is 0.105. The molecule has 0 saturated carbocycles. The molecule has 0 aliphatic heterocycles. The molecule has 0 amide bonds. The van der Waals surface area contributed by atoms with Gasteiger partial charge in [-0.1, -0.05) is 16.8 Å². The molecule has 13 heteroatoms. The second-order valence-electron chi connectivity index (χ2n) is 10.9. The molecule has 48 heavy (non-hydrogen) atoms. The number of hydrogen-bond acceptors (Lipinski definition) is 6. The monoisotopic (exact) mass is 673 g/mol. The first-order valence-electron chi connectivity index (χ1n) is 14.4. The van der Waals surface area contributed by atoms with Crippen molar-refractivity contribution in [1.82, 2.24) is 24.3 Å². The average Bonchev–Trinajstić information content (AvgIpc) is 3.36. The fourth-order valence-electron chi connectivity index (χ4n) is 5.52. The Kier molecular flexibility index (Phi) is 8.44. The van der Waals surface area contributed by atoms with Gasteiger partial charge in [0, 0.05) is 35.7 Å². The number of benzene rings is 2. The first kappa shape index (κ1) is 32.3. The van der Waals surface area contributed by atoms with Crippen molar-refractivity contribution in [3.8, 4) is 22.6 Å². The number of pyridine rings is 4. The van der Waals surface area contributed by atoms with Crippen LogP contribution >= 0.6 is 11.6 Å². The maximum absolute atomic E-state index is 14.5. The molecular weight excluding hydrogens is 650 g/mol. The summed E-state index contributed by atoms with van der Waals surface area (Å²) in [6.45, 7) is 6.88. The van der Waals surface area contributed by atoms with Crippen LogP contribution < -0.4 is 10.9 Å². The summed E-state index contributed by atoms with van der Waals surface area (Å²) in [6, 6.07) is 15.7. The third-order valence-corrected chi connectivity index (χ3v) is 7.86. The van der Waals surface area contributed by atoms with Gasteiger partial charge in [0.2, 0.25) is 0 Å². The molecule has 7 rings (SSSR count). The lowest BCUT2D eigenvalue weighted by Gasteiger charge is -2.15. The van der Waals surface area contributed by atoms with Gasteiger partial charge in [-0.3, -0.25) is 18.7 Å². The first-order chi connectivity index (χ1) is 22.8. The van der Waals surface area contributed by atoms with E-state index in [4.69, 9.17) is 16.1 Å². The van der Waals surface area contributed by atoms with E-state index in [0.717, 1.165) is 23.8 Å². The van der Waals surface area contributed by atoms with Gasteiger partial charge in [0.25, 0.3) is 0 Å². The third kappa shape index (κ3) is 5.86. The highest BCUT2D eigenvalue weighted by Crippen LogP contribution is 2.28. The van der Waals surface area contributed by atoms with Gasteiger partial charge < -0.3 is 4.52 Å². The van der Waals surface area contributed by atoms with Crippen molar-refractivity contribution in [2.45, 2.75) is 27.7 Å². The van der Waals surface area contributed by atoms with Gasteiger partial charge in [0.1, 0.15) is 45.5 Å². The summed E-state index contributed by atoms with van der Waals surface area (Å²) < 4.78 is 63.1. The SMILES string of the molecule is Cc1cc(=O)c2ccc(Cl)nc2n1-c1ccc(F)cc1F.Cc1noc(C)c1-c1ccc2c(=O)cc(C)n(-c3ccc(F)cc3F)c2n1. The molecule has 0 spiro atoms. The molecule has 0 radical (unpaired) electrons. The summed E-state index contributed by atoms with van der Waals surface area (Å²) in [7, 11) is 0. The Morgan fingerprint density at radius 3 is 1.62 bits per heavy atom. The van der Waals surface area contributed by atoms with Crippen LogP contribution in [0.1, 0.15) is 22.8 Å². The quantitative estimate of drug-likeness (QED) is 0.140. The summed E-state index contributed by atoms with van der Waals surface area (Å²) in [6.07, 6.45) is 0. The fourth-order valence-corrected chi connectivity index (χ4v) is 5.66. The van der Waals surface area contributed by atoms with E-state index in [9.17, 15) is 27.2 Å². The van der Waals surface area contributed by atoms with Crippen LogP contribution in [0.4, 0.5) is 17.6 Å². The Morgan fingerprint density at radius 2 is 1.15 bits per heavy atom. The minimum atomic E-state index is -0.746. The van der Waals surface area contributed by atoms with Crippen molar-refractivity contribution < 1.29 is 22.1 Å². The molecule has 242 valence electrons. The van der Waals surface area contributed by atoms with Gasteiger partial charge in [-0.2, -0.15) is 0 Å². The fraction of sp³-hybridized carbons (Fsp3) is 0.114. The van der Waals surface area contributed by atoms with E-state index in [0.29, 0.717) is 39.3 Å². The van der Waals surface area contributed by atoms with Crippen LogP contribution in [0, 0.1) is 51.0 Å². The second-order valence-corrected chi connectivity index (χ2v) is 11.3. The zero-order chi connectivity index (χ0) is 34.4. The summed E-state index contributed by atoms with van der Waals surface area (Å²) in [5.74, 6) is -2.25. The van der Waals surface area contributed by atoms with Crippen molar-refractivity contribution in [2.24, 2.45) is 0 Å². The highest BCUT2D eigenvalue weighted by atomic mass is 35.5. The molecule has 2 aromatic carbocycles. The topological polar surface area (TPSA) is 95.8 Å². The van der Waals surface area contributed by atoms with E-state index in [-0.39, 0.29) is 38.7 Å². The minimum Gasteiger partial charge on any atom is -0.361 e. The number of hydrogen-bond donors (Lipinski definition) is 0. The summed E-state index contributed by atoms with van der Waals surface area (Å²) in [5.41, 5.74) is 3.18. The maximum atomic E-state index is 14.5. The molecule has 7 aromatic rings. The third-order valence-electron chi connectivity index (χ3n) is 7.65. The summed E-state index contributed by atoms with van der Waals surface area (Å²) >= 11 is 5.87. The van der Waals surface area contributed by atoms with Crippen molar-refractivity contribution in [3.05, 3.63) is 145 Å². The Balaban J connectivity index is 0.000000173. The number of aromatic nitrogens is 5. The van der Waals surface area contributed by atoms with Gasteiger partial charge >= 0.3 is 0 Å². The van der Waals surface area contributed by atoms with E-state index < -0.39 is 23.3 Å². The molecule has 8 nitrogen and oxygen atoms in total. The highest BCUT2D eigenvalue weighted by Gasteiger charge is 2.18. The number of aryl methyl sites for hydroxylation is 4. The van der Waals surface area contributed by atoms with Crippen LogP contribution in [0.15, 0.2) is 86.9 Å². The van der Waals surface area contributed by atoms with Crippen LogP contribution in [0.2, 0.25) is 5.15 Å². The van der Waals surface area contributed by atoms with Crippen LogP contribution in [0.3, 0.4) is 0 Å². The molecule has 0 bridgehead atoms. The largest absolute Gasteiger partial charge is 0.361 e. The van der Waals surface area contributed by atoms with Gasteiger partial charge in [-0.25, -0.2) is 27.5 Å². The molecule has 0 N–H and O–H groups in total. The molecular formula is C35H24ClF4N5O3. The summed E-state index contributed by atoms with van der Waals surface area (Å²) in [5, 5.41) is 4.76. The van der Waals surface area contributed by atoms with Gasteiger partial charge in [0.05, 0.1) is 39.1 Å². The number of nitrogens with zero attached hydrogens (tertiary/aromatic N) is 5. The zero-order valence-corrected chi connectivity index (χ0v) is 26.5. The van der Waals surface area contributed by atoms with E-state index in [1.165, 1.54) is 51.6 Å². The van der Waals surface area contributed by atoms with Crippen LogP contribution in [0.5, 0.6) is 0 Å². The van der Waals surface area contributed by atoms with Crippen LogP contribution in [0.25, 0.3) is 44.7 Å². The second kappa shape index (κ2) is 12.5. The van der Waals surface area contributed by atoms with Gasteiger partial charge in [0.15, 0.2) is 10.9 Å². The van der Waals surface area contributed by atoms with Crippen LogP contribution in [-0.2, 0) is 0 Å². The smallest absolute Gasteiger partial charge is 0.191 e. The Morgan fingerprint density at radius 1 is 0.646 bits per heavy atom. The van der Waals surface area contributed by atoms with Crippen molar-refractivity contribution in [2.75, 3.05) is 0 Å². The van der Waals surface area contributed by atoms with Crippen LogP contribution in [-0.4, -0.2) is 24.3 Å². The molecule has 0 fully saturated rings. The van der Waals surface area contributed by atoms with E-state index in [1.807, 2.05) is 0 Å². The molecule has 0 aliphatic rings. The number of fused-ring (bicyclic) bond motifs is 2. The average molecular weight is 674 g/mol. The lowest BCUT2D eigenvalue weighted by Crippen LogP contribution is -2.13. The Hall–Kier alpha value is -5.62. The number of halogens is 5. The molecule has 0 saturated heterocycles. The molecule has 5 heterocycles. The normalized spacial score (nSPS) is 11.2. The van der Waals surface area contributed by atoms with Crippen molar-refractivity contribution >= 4 is 33.7 Å². The predicted octanol–water partition coefficient (Wildman–Crippen LogP) is 7.87. The van der Waals surface area contributed by atoms with Gasteiger partial charge in [-0.15, -0.1) is 0 Å². The Labute approximate surface area is 274 Å².